The van der Waals surface area contributed by atoms with Crippen LogP contribution in [-0.4, -0.2) is 6.79 Å². The Morgan fingerprint density at radius 1 is 1.33 bits per heavy atom. The molecule has 0 saturated carbocycles. The Kier molecular flexibility index (Phi) is 5.93. The fraction of sp³-hybridized carbons (Fsp3) is 0. The summed E-state index contributed by atoms with van der Waals surface area (Å²) in [6.45, 7) is 2.00. The topological polar surface area (TPSA) is 77.9 Å². The first-order valence-corrected chi connectivity index (χ1v) is 3.07. The van der Waals surface area contributed by atoms with Gasteiger partial charge in [0.15, 0.2) is 0 Å². The van der Waals surface area contributed by atoms with E-state index in [0.717, 1.165) is 5.69 Å². The van der Waals surface area contributed by atoms with Crippen molar-refractivity contribution in [3.05, 3.63) is 40.8 Å². The molecule has 12 heavy (non-hydrogen) atoms. The Balaban J connectivity index is 0.000000561. The standard InChI is InChI=1S/C6H6N4.CH2O/c7-9-10-8-6-4-2-1-3-5-6;1-2/h1-5,8H;1H2. The molecule has 0 fully saturated rings. The van der Waals surface area contributed by atoms with Gasteiger partial charge in [0.25, 0.3) is 0 Å². The summed E-state index contributed by atoms with van der Waals surface area (Å²) in [7, 11) is 0. The number of hydrogen-bond donors (Lipinski definition) is 1. The molecule has 1 aromatic carbocycles. The summed E-state index contributed by atoms with van der Waals surface area (Å²) in [5.74, 6) is 0. The van der Waals surface area contributed by atoms with Gasteiger partial charge in [-0.2, -0.15) is 4.91 Å². The highest BCUT2D eigenvalue weighted by atomic mass is 16.1. The second-order valence-electron chi connectivity index (χ2n) is 1.67. The maximum absolute atomic E-state index is 8.00. The normalized spacial score (nSPS) is 7.00. The van der Waals surface area contributed by atoms with Crippen molar-refractivity contribution in [2.75, 3.05) is 5.43 Å². The third kappa shape index (κ3) is 3.92. The van der Waals surface area contributed by atoms with Gasteiger partial charge in [-0.3, -0.25) is 0 Å². The smallest absolute Gasteiger partial charge is 0.128 e. The summed E-state index contributed by atoms with van der Waals surface area (Å²) in [4.78, 5) is 10.5. The van der Waals surface area contributed by atoms with E-state index in [0.29, 0.717) is 0 Å². The van der Waals surface area contributed by atoms with Crippen molar-refractivity contribution in [3.8, 4) is 0 Å². The number of para-hydroxylation sites is 1. The molecule has 0 aromatic heterocycles. The Hall–Kier alpha value is -2.00. The quantitative estimate of drug-likeness (QED) is 0.314. The van der Waals surface area contributed by atoms with E-state index in [9.17, 15) is 0 Å². The molecule has 0 radical (unpaired) electrons. The van der Waals surface area contributed by atoms with Crippen LogP contribution in [0.5, 0.6) is 0 Å². The van der Waals surface area contributed by atoms with Gasteiger partial charge in [0.1, 0.15) is 12.5 Å². The molecule has 5 heteroatoms. The summed E-state index contributed by atoms with van der Waals surface area (Å²) in [6, 6.07) is 9.23. The number of anilines is 1. The van der Waals surface area contributed by atoms with E-state index in [1.807, 2.05) is 37.1 Å². The number of nitrogens with zero attached hydrogens (tertiary/aromatic N) is 3. The minimum absolute atomic E-state index is 0.792. The number of azide groups is 1. The highest BCUT2D eigenvalue weighted by Gasteiger charge is 1.85. The van der Waals surface area contributed by atoms with Crippen molar-refractivity contribution in [1.82, 2.24) is 0 Å². The first kappa shape index (κ1) is 10.0. The van der Waals surface area contributed by atoms with Gasteiger partial charge in [0, 0.05) is 0 Å². The summed E-state index contributed by atoms with van der Waals surface area (Å²) in [6.07, 6.45) is 0. The third-order valence-electron chi connectivity index (χ3n) is 0.998. The Labute approximate surface area is 69.6 Å². The highest BCUT2D eigenvalue weighted by molar-refractivity contribution is 5.41. The van der Waals surface area contributed by atoms with E-state index in [2.05, 4.69) is 15.6 Å². The van der Waals surface area contributed by atoms with E-state index in [4.69, 9.17) is 10.3 Å². The molecule has 0 unspecified atom stereocenters. The van der Waals surface area contributed by atoms with Crippen LogP contribution >= 0.6 is 0 Å². The van der Waals surface area contributed by atoms with Gasteiger partial charge in [-0.1, -0.05) is 18.2 Å². The van der Waals surface area contributed by atoms with Crippen LogP contribution in [0.2, 0.25) is 0 Å². The maximum atomic E-state index is 8.00. The van der Waals surface area contributed by atoms with Gasteiger partial charge in [0.2, 0.25) is 0 Å². The van der Waals surface area contributed by atoms with E-state index < -0.39 is 0 Å². The molecule has 0 bridgehead atoms. The average Bonchev–Trinajstić information content (AvgIpc) is 2.19. The zero-order valence-electron chi connectivity index (χ0n) is 6.34. The Morgan fingerprint density at radius 2 is 1.92 bits per heavy atom. The van der Waals surface area contributed by atoms with E-state index in [-0.39, 0.29) is 0 Å². The number of benzene rings is 1. The Morgan fingerprint density at radius 3 is 2.42 bits per heavy atom. The first-order valence-electron chi connectivity index (χ1n) is 3.07. The maximum Gasteiger partial charge on any atom is 0.128 e. The fourth-order valence-corrected chi connectivity index (χ4v) is 0.593. The van der Waals surface area contributed by atoms with Crippen molar-refractivity contribution < 1.29 is 4.79 Å². The molecule has 0 aliphatic carbocycles. The van der Waals surface area contributed by atoms with Crippen LogP contribution in [0, 0.1) is 0 Å². The molecule has 0 heterocycles. The molecule has 0 aliphatic rings. The molecular weight excluding hydrogens is 156 g/mol. The highest BCUT2D eigenvalue weighted by Crippen LogP contribution is 2.03. The average molecular weight is 164 g/mol. The van der Waals surface area contributed by atoms with Crippen LogP contribution in [0.25, 0.3) is 10.4 Å². The largest absolute Gasteiger partial charge is 0.307 e. The molecule has 1 aromatic rings. The molecule has 5 nitrogen and oxygen atoms in total. The van der Waals surface area contributed by atoms with Crippen LogP contribution < -0.4 is 5.43 Å². The SMILES string of the molecule is C=O.[N-]=[N+]=NNc1ccccc1. The van der Waals surface area contributed by atoms with Gasteiger partial charge in [-0.25, -0.2) is 5.43 Å². The summed E-state index contributed by atoms with van der Waals surface area (Å²) in [5.41, 5.74) is 11.2. The van der Waals surface area contributed by atoms with Crippen molar-refractivity contribution in [2.24, 2.45) is 5.22 Å². The molecule has 0 spiro atoms. The van der Waals surface area contributed by atoms with Crippen LogP contribution in [0.4, 0.5) is 5.69 Å². The van der Waals surface area contributed by atoms with Crippen LogP contribution in [0.3, 0.4) is 0 Å². The molecule has 62 valence electrons. The first-order chi connectivity index (χ1) is 5.93. The van der Waals surface area contributed by atoms with Crippen molar-refractivity contribution in [1.29, 1.82) is 0 Å². The molecule has 0 saturated heterocycles. The molecule has 1 rings (SSSR count). The number of rotatable bonds is 2. The lowest BCUT2D eigenvalue weighted by atomic mass is 10.3. The number of carbonyl (C=O) groups excluding carboxylic acids is 1. The number of carbonyl (C=O) groups is 1. The van der Waals surface area contributed by atoms with Gasteiger partial charge in [-0.05, 0) is 17.4 Å². The van der Waals surface area contributed by atoms with Crippen LogP contribution in [0.1, 0.15) is 0 Å². The van der Waals surface area contributed by atoms with Crippen molar-refractivity contribution in [2.45, 2.75) is 0 Å². The molecule has 0 atom stereocenters. The van der Waals surface area contributed by atoms with E-state index >= 15 is 0 Å². The second kappa shape index (κ2) is 7.11. The van der Waals surface area contributed by atoms with Crippen LogP contribution in [-0.2, 0) is 4.79 Å². The predicted molar refractivity (Wildman–Crippen MR) is 46.3 cm³/mol. The minimum Gasteiger partial charge on any atom is -0.307 e. The lowest BCUT2D eigenvalue weighted by Gasteiger charge is -1.90. The van der Waals surface area contributed by atoms with E-state index in [1.54, 1.807) is 0 Å². The second-order valence-corrected chi connectivity index (χ2v) is 1.67. The Bertz CT molecular complexity index is 255. The van der Waals surface area contributed by atoms with Crippen LogP contribution in [0.15, 0.2) is 35.6 Å². The minimum atomic E-state index is 0.792. The summed E-state index contributed by atoms with van der Waals surface area (Å²) >= 11 is 0. The molecular formula is C7H8N4O. The fourth-order valence-electron chi connectivity index (χ4n) is 0.593. The van der Waals surface area contributed by atoms with Crippen molar-refractivity contribution in [3.63, 3.8) is 0 Å². The monoisotopic (exact) mass is 164 g/mol. The summed E-state index contributed by atoms with van der Waals surface area (Å²) in [5, 5.41) is 3.17. The lowest BCUT2D eigenvalue weighted by molar-refractivity contribution is -0.0979. The molecule has 0 aliphatic heterocycles. The lowest BCUT2D eigenvalue weighted by Crippen LogP contribution is -1.82. The van der Waals surface area contributed by atoms with Gasteiger partial charge in [-0.15, -0.1) is 5.53 Å². The summed E-state index contributed by atoms with van der Waals surface area (Å²) < 4.78 is 0. The molecule has 1 N–H and O–H groups in total. The zero-order chi connectivity index (χ0) is 9.23. The van der Waals surface area contributed by atoms with Gasteiger partial charge >= 0.3 is 0 Å². The van der Waals surface area contributed by atoms with Crippen molar-refractivity contribution >= 4 is 12.5 Å². The molecule has 0 amide bonds. The predicted octanol–water partition coefficient (Wildman–Crippen LogP) is 2.14. The van der Waals surface area contributed by atoms with Gasteiger partial charge < -0.3 is 4.79 Å². The number of nitrogens with one attached hydrogen (secondary N) is 1. The zero-order valence-corrected chi connectivity index (χ0v) is 6.34. The third-order valence-corrected chi connectivity index (χ3v) is 0.998. The number of hydrogen-bond acceptors (Lipinski definition) is 2. The van der Waals surface area contributed by atoms with Gasteiger partial charge in [0.05, 0.1) is 0 Å². The van der Waals surface area contributed by atoms with E-state index in [1.165, 1.54) is 0 Å².